The molecule has 1 amide bonds. The van der Waals surface area contributed by atoms with Gasteiger partial charge in [-0.1, -0.05) is 0 Å². The Balaban J connectivity index is 1.98. The summed E-state index contributed by atoms with van der Waals surface area (Å²) in [6, 6.07) is 1.76. The highest BCUT2D eigenvalue weighted by molar-refractivity contribution is 5.98. The van der Waals surface area contributed by atoms with Crippen LogP contribution in [-0.2, 0) is 11.2 Å². The second-order valence-corrected chi connectivity index (χ2v) is 4.81. The molecule has 0 saturated carbocycles. The van der Waals surface area contributed by atoms with E-state index < -0.39 is 0 Å². The van der Waals surface area contributed by atoms with Crippen molar-refractivity contribution in [2.45, 2.75) is 38.1 Å². The van der Waals surface area contributed by atoms with Crippen molar-refractivity contribution >= 4 is 11.7 Å². The summed E-state index contributed by atoms with van der Waals surface area (Å²) < 4.78 is 2.01. The van der Waals surface area contributed by atoms with Crippen LogP contribution < -0.4 is 5.32 Å². The van der Waals surface area contributed by atoms with Crippen LogP contribution in [-0.4, -0.2) is 22.8 Å². The van der Waals surface area contributed by atoms with Gasteiger partial charge in [0.25, 0.3) is 0 Å². The van der Waals surface area contributed by atoms with E-state index in [-0.39, 0.29) is 17.7 Å². The summed E-state index contributed by atoms with van der Waals surface area (Å²) in [5.41, 5.74) is 1.89. The number of rotatable bonds is 1. The number of amides is 1. The summed E-state index contributed by atoms with van der Waals surface area (Å²) in [7, 11) is 0. The highest BCUT2D eigenvalue weighted by Gasteiger charge is 2.28. The zero-order chi connectivity index (χ0) is 11.8. The normalized spacial score (nSPS) is 24.4. The fourth-order valence-electron chi connectivity index (χ4n) is 2.86. The number of hydrogen-bond donors (Lipinski definition) is 1. The third-order valence-electron chi connectivity index (χ3n) is 3.73. The number of fused-ring (bicyclic) bond motifs is 1. The lowest BCUT2D eigenvalue weighted by atomic mass is 9.96. The molecule has 1 aromatic heterocycles. The summed E-state index contributed by atoms with van der Waals surface area (Å²) >= 11 is 0. The van der Waals surface area contributed by atoms with Gasteiger partial charge in [-0.2, -0.15) is 0 Å². The topological polar surface area (TPSA) is 51.1 Å². The summed E-state index contributed by atoms with van der Waals surface area (Å²) in [5.74, 6) is 0.314. The quantitative estimate of drug-likeness (QED) is 0.797. The lowest BCUT2D eigenvalue weighted by molar-refractivity contribution is -0.125. The third-order valence-corrected chi connectivity index (χ3v) is 3.73. The van der Waals surface area contributed by atoms with E-state index in [2.05, 4.69) is 5.32 Å². The number of piperidine rings is 1. The summed E-state index contributed by atoms with van der Waals surface area (Å²) in [6.07, 6.45) is 6.26. The zero-order valence-corrected chi connectivity index (χ0v) is 9.74. The number of carbonyl (C=O) groups is 2. The number of nitrogens with one attached hydrogen (secondary N) is 1. The maximum atomic E-state index is 11.8. The highest BCUT2D eigenvalue weighted by atomic mass is 16.2. The van der Waals surface area contributed by atoms with Crippen molar-refractivity contribution in [3.63, 3.8) is 0 Å². The molecule has 0 radical (unpaired) electrons. The fourth-order valence-corrected chi connectivity index (χ4v) is 2.86. The van der Waals surface area contributed by atoms with Crippen molar-refractivity contribution in [3.8, 4) is 0 Å². The molecule has 0 bridgehead atoms. The first kappa shape index (κ1) is 10.6. The molecule has 0 spiro atoms. The largest absolute Gasteiger partial charge is 0.354 e. The molecule has 1 saturated heterocycles. The van der Waals surface area contributed by atoms with E-state index in [1.807, 2.05) is 16.8 Å². The molecule has 1 fully saturated rings. The lowest BCUT2D eigenvalue weighted by Gasteiger charge is -2.26. The Labute approximate surface area is 100.0 Å². The van der Waals surface area contributed by atoms with Gasteiger partial charge in [0.1, 0.15) is 6.04 Å². The Morgan fingerprint density at radius 2 is 2.12 bits per heavy atom. The van der Waals surface area contributed by atoms with Gasteiger partial charge in [0.05, 0.1) is 0 Å². The van der Waals surface area contributed by atoms with E-state index in [9.17, 15) is 9.59 Å². The molecule has 0 aromatic carbocycles. The summed E-state index contributed by atoms with van der Waals surface area (Å²) in [4.78, 5) is 23.6. The van der Waals surface area contributed by atoms with Gasteiger partial charge in [0.15, 0.2) is 5.78 Å². The van der Waals surface area contributed by atoms with Crippen LogP contribution in [0.1, 0.15) is 47.8 Å². The van der Waals surface area contributed by atoms with Crippen molar-refractivity contribution < 1.29 is 9.59 Å². The average molecular weight is 232 g/mol. The molecule has 2 aliphatic rings. The smallest absolute Gasteiger partial charge is 0.243 e. The molecule has 4 heteroatoms. The molecule has 1 aromatic rings. The average Bonchev–Trinajstić information content (AvgIpc) is 2.75. The number of nitrogens with zero attached hydrogens (tertiary/aromatic N) is 1. The molecule has 1 unspecified atom stereocenters. The number of ketones is 1. The Morgan fingerprint density at radius 1 is 1.24 bits per heavy atom. The van der Waals surface area contributed by atoms with Gasteiger partial charge in [-0.3, -0.25) is 9.59 Å². The van der Waals surface area contributed by atoms with Crippen LogP contribution in [0.4, 0.5) is 0 Å². The van der Waals surface area contributed by atoms with Gasteiger partial charge < -0.3 is 9.88 Å². The molecular weight excluding hydrogens is 216 g/mol. The minimum Gasteiger partial charge on any atom is -0.354 e. The minimum atomic E-state index is -0.113. The molecule has 1 N–H and O–H groups in total. The third kappa shape index (κ3) is 1.68. The standard InChI is InChI=1S/C13H16N2O2/c16-12-5-1-3-10-9(12)6-8-15(10)11-4-2-7-14-13(11)17/h6,8,11H,1-5,7H2,(H,14,17). The maximum Gasteiger partial charge on any atom is 0.243 e. The van der Waals surface area contributed by atoms with E-state index in [0.717, 1.165) is 43.5 Å². The van der Waals surface area contributed by atoms with Crippen LogP contribution in [0, 0.1) is 0 Å². The molecule has 17 heavy (non-hydrogen) atoms. The molecule has 3 rings (SSSR count). The van der Waals surface area contributed by atoms with E-state index in [1.54, 1.807) is 0 Å². The van der Waals surface area contributed by atoms with E-state index in [1.165, 1.54) is 0 Å². The Morgan fingerprint density at radius 3 is 2.94 bits per heavy atom. The van der Waals surface area contributed by atoms with Crippen LogP contribution in [0.2, 0.25) is 0 Å². The van der Waals surface area contributed by atoms with E-state index >= 15 is 0 Å². The Bertz CT molecular complexity index is 476. The maximum absolute atomic E-state index is 11.8. The van der Waals surface area contributed by atoms with Gasteiger partial charge >= 0.3 is 0 Å². The predicted molar refractivity (Wildman–Crippen MR) is 63.0 cm³/mol. The summed E-state index contributed by atoms with van der Waals surface area (Å²) in [6.45, 7) is 0.776. The van der Waals surface area contributed by atoms with Crippen molar-refractivity contribution in [2.24, 2.45) is 0 Å². The van der Waals surface area contributed by atoms with Crippen molar-refractivity contribution in [1.82, 2.24) is 9.88 Å². The first-order valence-electron chi connectivity index (χ1n) is 6.28. The van der Waals surface area contributed by atoms with Crippen molar-refractivity contribution in [3.05, 3.63) is 23.5 Å². The van der Waals surface area contributed by atoms with E-state index in [4.69, 9.17) is 0 Å². The van der Waals surface area contributed by atoms with Gasteiger partial charge in [-0.25, -0.2) is 0 Å². The van der Waals surface area contributed by atoms with Gasteiger partial charge in [-0.05, 0) is 31.7 Å². The SMILES string of the molecule is O=C1CCCc2c1ccn2C1CCCNC1=O. The molecule has 1 atom stereocenters. The van der Waals surface area contributed by atoms with Crippen LogP contribution >= 0.6 is 0 Å². The Hall–Kier alpha value is -1.58. The molecule has 1 aliphatic carbocycles. The minimum absolute atomic E-state index is 0.0904. The second-order valence-electron chi connectivity index (χ2n) is 4.81. The number of Topliss-reactive ketones (excluding diaryl/α,β-unsaturated/α-hetero) is 1. The van der Waals surface area contributed by atoms with Crippen LogP contribution in [0.15, 0.2) is 12.3 Å². The molecular formula is C13H16N2O2. The van der Waals surface area contributed by atoms with Crippen LogP contribution in [0.5, 0.6) is 0 Å². The number of hydrogen-bond acceptors (Lipinski definition) is 2. The number of carbonyl (C=O) groups excluding carboxylic acids is 2. The molecule has 1 aliphatic heterocycles. The van der Waals surface area contributed by atoms with E-state index in [0.29, 0.717) is 6.42 Å². The van der Waals surface area contributed by atoms with Crippen LogP contribution in [0.3, 0.4) is 0 Å². The molecule has 2 heterocycles. The lowest BCUT2D eigenvalue weighted by Crippen LogP contribution is -2.38. The van der Waals surface area contributed by atoms with Gasteiger partial charge in [0.2, 0.25) is 5.91 Å². The monoisotopic (exact) mass is 232 g/mol. The van der Waals surface area contributed by atoms with Crippen molar-refractivity contribution in [1.29, 1.82) is 0 Å². The number of aromatic nitrogens is 1. The fraction of sp³-hybridized carbons (Fsp3) is 0.538. The Kier molecular flexibility index (Phi) is 2.50. The first-order chi connectivity index (χ1) is 8.27. The predicted octanol–water partition coefficient (Wildman–Crippen LogP) is 1.46. The zero-order valence-electron chi connectivity index (χ0n) is 9.74. The molecule has 4 nitrogen and oxygen atoms in total. The molecule has 90 valence electrons. The summed E-state index contributed by atoms with van der Waals surface area (Å²) in [5, 5.41) is 2.89. The highest BCUT2D eigenvalue weighted by Crippen LogP contribution is 2.28. The second kappa shape index (κ2) is 4.02. The van der Waals surface area contributed by atoms with Gasteiger partial charge in [-0.15, -0.1) is 0 Å². The van der Waals surface area contributed by atoms with Gasteiger partial charge in [0, 0.05) is 30.4 Å². The van der Waals surface area contributed by atoms with Crippen molar-refractivity contribution in [2.75, 3.05) is 6.54 Å². The van der Waals surface area contributed by atoms with Crippen LogP contribution in [0.25, 0.3) is 0 Å². The first-order valence-corrected chi connectivity index (χ1v) is 6.28.